The van der Waals surface area contributed by atoms with Crippen LogP contribution in [0.1, 0.15) is 11.1 Å². The fraction of sp³-hybridized carbons (Fsp3) is 0.143. The van der Waals surface area contributed by atoms with E-state index < -0.39 is 0 Å². The zero-order chi connectivity index (χ0) is 11.5. The first-order chi connectivity index (χ1) is 7.66. The highest BCUT2D eigenvalue weighted by atomic mass is 16.5. The van der Waals surface area contributed by atoms with E-state index in [2.05, 4.69) is 13.8 Å². The number of nitrogen functional groups attached to an aromatic ring is 1. The fourth-order valence-corrected chi connectivity index (χ4v) is 1.48. The van der Waals surface area contributed by atoms with Crippen LogP contribution in [0.25, 0.3) is 0 Å². The molecule has 0 amide bonds. The van der Waals surface area contributed by atoms with Gasteiger partial charge in [-0.05, 0) is 49.2 Å². The van der Waals surface area contributed by atoms with Crippen LogP contribution in [-0.4, -0.2) is 0 Å². The molecule has 2 aromatic carbocycles. The van der Waals surface area contributed by atoms with Gasteiger partial charge in [-0.2, -0.15) is 0 Å². The normalized spacial score (nSPS) is 10.1. The van der Waals surface area contributed by atoms with Gasteiger partial charge < -0.3 is 10.5 Å². The fourth-order valence-electron chi connectivity index (χ4n) is 1.48. The molecule has 0 aromatic heterocycles. The van der Waals surface area contributed by atoms with Crippen LogP contribution in [0.5, 0.6) is 11.5 Å². The van der Waals surface area contributed by atoms with Gasteiger partial charge in [-0.25, -0.2) is 0 Å². The maximum Gasteiger partial charge on any atom is 0.150 e. The molecule has 2 aromatic rings. The number of benzene rings is 2. The van der Waals surface area contributed by atoms with E-state index in [1.54, 1.807) is 0 Å². The number of aryl methyl sites for hydroxylation is 2. The standard InChI is InChI=1S/C14H15NO/c1-10-7-8-12(9-11(10)2)16-14-6-4-3-5-13(14)15/h3-9H,15H2,1-2H3. The molecule has 2 nitrogen and oxygen atoms in total. The predicted octanol–water partition coefficient (Wildman–Crippen LogP) is 3.68. The molecule has 16 heavy (non-hydrogen) atoms. The highest BCUT2D eigenvalue weighted by Crippen LogP contribution is 2.27. The average Bonchev–Trinajstić information content (AvgIpc) is 2.27. The Morgan fingerprint density at radius 3 is 2.38 bits per heavy atom. The Kier molecular flexibility index (Phi) is 2.82. The molecule has 2 N–H and O–H groups in total. The Hall–Kier alpha value is -1.96. The van der Waals surface area contributed by atoms with Crippen LogP contribution < -0.4 is 10.5 Å². The molecule has 0 unspecified atom stereocenters. The van der Waals surface area contributed by atoms with Gasteiger partial charge >= 0.3 is 0 Å². The van der Waals surface area contributed by atoms with Gasteiger partial charge in [0.05, 0.1) is 5.69 Å². The lowest BCUT2D eigenvalue weighted by Gasteiger charge is -2.09. The molecule has 0 heterocycles. The van der Waals surface area contributed by atoms with Crippen molar-refractivity contribution in [1.82, 2.24) is 0 Å². The van der Waals surface area contributed by atoms with Crippen LogP contribution in [0.2, 0.25) is 0 Å². The summed E-state index contributed by atoms with van der Waals surface area (Å²) in [7, 11) is 0. The highest BCUT2D eigenvalue weighted by molar-refractivity contribution is 5.53. The van der Waals surface area contributed by atoms with E-state index >= 15 is 0 Å². The molecule has 0 fully saturated rings. The van der Waals surface area contributed by atoms with E-state index in [1.165, 1.54) is 11.1 Å². The molecular weight excluding hydrogens is 198 g/mol. The van der Waals surface area contributed by atoms with E-state index in [0.717, 1.165) is 5.75 Å². The quantitative estimate of drug-likeness (QED) is 0.772. The van der Waals surface area contributed by atoms with E-state index in [9.17, 15) is 0 Å². The Labute approximate surface area is 95.7 Å². The number of nitrogens with two attached hydrogens (primary N) is 1. The third kappa shape index (κ3) is 2.16. The van der Waals surface area contributed by atoms with Gasteiger partial charge in [0.15, 0.2) is 0 Å². The maximum atomic E-state index is 5.81. The summed E-state index contributed by atoms with van der Waals surface area (Å²) in [5.41, 5.74) is 8.94. The molecule has 0 spiro atoms. The number of anilines is 1. The van der Waals surface area contributed by atoms with Crippen molar-refractivity contribution in [1.29, 1.82) is 0 Å². The second kappa shape index (κ2) is 4.27. The lowest BCUT2D eigenvalue weighted by atomic mass is 10.1. The Bertz CT molecular complexity index is 506. The monoisotopic (exact) mass is 213 g/mol. The van der Waals surface area contributed by atoms with Gasteiger partial charge in [0.25, 0.3) is 0 Å². The van der Waals surface area contributed by atoms with Crippen LogP contribution in [0.15, 0.2) is 42.5 Å². The van der Waals surface area contributed by atoms with Crippen molar-refractivity contribution < 1.29 is 4.74 Å². The first-order valence-corrected chi connectivity index (χ1v) is 5.26. The van der Waals surface area contributed by atoms with Crippen LogP contribution in [-0.2, 0) is 0 Å². The number of hydrogen-bond donors (Lipinski definition) is 1. The van der Waals surface area contributed by atoms with Gasteiger partial charge in [-0.3, -0.25) is 0 Å². The highest BCUT2D eigenvalue weighted by Gasteiger charge is 2.01. The molecular formula is C14H15NO. The van der Waals surface area contributed by atoms with E-state index in [1.807, 2.05) is 42.5 Å². The van der Waals surface area contributed by atoms with Gasteiger partial charge in [-0.1, -0.05) is 18.2 Å². The van der Waals surface area contributed by atoms with Crippen molar-refractivity contribution in [3.63, 3.8) is 0 Å². The Morgan fingerprint density at radius 1 is 0.938 bits per heavy atom. The molecule has 0 aliphatic heterocycles. The van der Waals surface area contributed by atoms with E-state index in [-0.39, 0.29) is 0 Å². The smallest absolute Gasteiger partial charge is 0.150 e. The minimum Gasteiger partial charge on any atom is -0.455 e. The largest absolute Gasteiger partial charge is 0.455 e. The third-order valence-electron chi connectivity index (χ3n) is 2.63. The molecule has 2 heteroatoms. The van der Waals surface area contributed by atoms with Crippen LogP contribution in [0, 0.1) is 13.8 Å². The number of hydrogen-bond acceptors (Lipinski definition) is 2. The minimum absolute atomic E-state index is 0.653. The van der Waals surface area contributed by atoms with E-state index in [4.69, 9.17) is 10.5 Å². The van der Waals surface area contributed by atoms with Crippen molar-refractivity contribution >= 4 is 5.69 Å². The molecule has 0 saturated carbocycles. The van der Waals surface area contributed by atoms with Crippen molar-refractivity contribution in [2.45, 2.75) is 13.8 Å². The zero-order valence-corrected chi connectivity index (χ0v) is 9.53. The number of rotatable bonds is 2. The third-order valence-corrected chi connectivity index (χ3v) is 2.63. The van der Waals surface area contributed by atoms with Crippen molar-refractivity contribution in [2.75, 3.05) is 5.73 Å². The van der Waals surface area contributed by atoms with Crippen molar-refractivity contribution in [3.05, 3.63) is 53.6 Å². The van der Waals surface area contributed by atoms with Crippen LogP contribution in [0.3, 0.4) is 0 Å². The lowest BCUT2D eigenvalue weighted by molar-refractivity contribution is 0.484. The topological polar surface area (TPSA) is 35.2 Å². The molecule has 0 atom stereocenters. The number of ether oxygens (including phenoxy) is 1. The van der Waals surface area contributed by atoms with E-state index in [0.29, 0.717) is 11.4 Å². The number of para-hydroxylation sites is 2. The summed E-state index contributed by atoms with van der Waals surface area (Å²) in [5.74, 6) is 1.52. The summed E-state index contributed by atoms with van der Waals surface area (Å²) >= 11 is 0. The lowest BCUT2D eigenvalue weighted by Crippen LogP contribution is -1.92. The second-order valence-corrected chi connectivity index (χ2v) is 3.89. The summed E-state index contributed by atoms with van der Waals surface area (Å²) in [4.78, 5) is 0. The molecule has 0 bridgehead atoms. The van der Waals surface area contributed by atoms with Crippen LogP contribution >= 0.6 is 0 Å². The summed E-state index contributed by atoms with van der Waals surface area (Å²) in [6.07, 6.45) is 0. The minimum atomic E-state index is 0.653. The summed E-state index contributed by atoms with van der Waals surface area (Å²) in [5, 5.41) is 0. The molecule has 0 aliphatic rings. The van der Waals surface area contributed by atoms with Crippen molar-refractivity contribution in [2.24, 2.45) is 0 Å². The van der Waals surface area contributed by atoms with Gasteiger partial charge in [-0.15, -0.1) is 0 Å². The Morgan fingerprint density at radius 2 is 1.69 bits per heavy atom. The molecule has 0 saturated heterocycles. The molecule has 82 valence electrons. The molecule has 2 rings (SSSR count). The summed E-state index contributed by atoms with van der Waals surface area (Å²) < 4.78 is 5.72. The first kappa shape index (κ1) is 10.6. The van der Waals surface area contributed by atoms with Gasteiger partial charge in [0.1, 0.15) is 11.5 Å². The Balaban J connectivity index is 2.28. The predicted molar refractivity (Wildman–Crippen MR) is 66.8 cm³/mol. The zero-order valence-electron chi connectivity index (χ0n) is 9.53. The van der Waals surface area contributed by atoms with Crippen molar-refractivity contribution in [3.8, 4) is 11.5 Å². The summed E-state index contributed by atoms with van der Waals surface area (Å²) in [6, 6.07) is 13.5. The first-order valence-electron chi connectivity index (χ1n) is 5.26. The van der Waals surface area contributed by atoms with Gasteiger partial charge in [0.2, 0.25) is 0 Å². The second-order valence-electron chi connectivity index (χ2n) is 3.89. The van der Waals surface area contributed by atoms with Crippen LogP contribution in [0.4, 0.5) is 5.69 Å². The summed E-state index contributed by atoms with van der Waals surface area (Å²) in [6.45, 7) is 4.15. The molecule has 0 radical (unpaired) electrons. The SMILES string of the molecule is Cc1ccc(Oc2ccccc2N)cc1C. The maximum absolute atomic E-state index is 5.81. The average molecular weight is 213 g/mol. The van der Waals surface area contributed by atoms with Gasteiger partial charge in [0, 0.05) is 0 Å². The molecule has 0 aliphatic carbocycles.